The van der Waals surface area contributed by atoms with E-state index in [4.69, 9.17) is 18.9 Å². The molecular weight excluding hydrogens is 414 g/mol. The Kier molecular flexibility index (Phi) is 5.80. The molecule has 6 fully saturated rings. The number of hydrogen-bond acceptors (Lipinski definition) is 4. The molecule has 6 rings (SSSR count). The van der Waals surface area contributed by atoms with Gasteiger partial charge in [-0.1, -0.05) is 27.7 Å². The van der Waals surface area contributed by atoms with Gasteiger partial charge in [-0.2, -0.15) is 8.78 Å². The van der Waals surface area contributed by atoms with Crippen molar-refractivity contribution in [3.8, 4) is 0 Å². The van der Waals surface area contributed by atoms with Crippen molar-refractivity contribution >= 4 is 0 Å². The summed E-state index contributed by atoms with van der Waals surface area (Å²) in [5.74, 6) is -0.441. The molecule has 2 spiro atoms. The molecule has 0 aromatic rings. The molecule has 4 nitrogen and oxygen atoms in total. The second-order valence-corrected chi connectivity index (χ2v) is 11.2. The Hall–Kier alpha value is -0.560. The van der Waals surface area contributed by atoms with E-state index in [0.717, 1.165) is 44.9 Å². The molecule has 0 aromatic carbocycles. The molecule has 3 unspecified atom stereocenters. The Bertz CT molecular complexity index is 753. The lowest BCUT2D eigenvalue weighted by atomic mass is 9.43. The first-order valence-electron chi connectivity index (χ1n) is 12.9. The number of fused-ring (bicyclic) bond motifs is 6. The maximum absolute atomic E-state index is 14.4. The van der Waals surface area contributed by atoms with Gasteiger partial charge in [-0.3, -0.25) is 0 Å². The third-order valence-electron chi connectivity index (χ3n) is 10.4. The summed E-state index contributed by atoms with van der Waals surface area (Å²) in [5, 5.41) is 0. The van der Waals surface area contributed by atoms with Crippen LogP contribution in [-0.4, -0.2) is 38.0 Å². The largest absolute Gasteiger partial charge is 0.348 e. The van der Waals surface area contributed by atoms with Crippen molar-refractivity contribution in [2.75, 3.05) is 26.4 Å². The molecule has 6 heteroatoms. The fourth-order valence-electron chi connectivity index (χ4n) is 8.79. The van der Waals surface area contributed by atoms with Crippen LogP contribution in [0.15, 0.2) is 11.7 Å². The van der Waals surface area contributed by atoms with Gasteiger partial charge in [0.2, 0.25) is 0 Å². The number of halogens is 2. The summed E-state index contributed by atoms with van der Waals surface area (Å²) in [7, 11) is 0. The first kappa shape index (κ1) is 23.2. The van der Waals surface area contributed by atoms with Gasteiger partial charge in [-0.25, -0.2) is 0 Å². The van der Waals surface area contributed by atoms with Crippen molar-refractivity contribution in [1.82, 2.24) is 0 Å². The molecule has 182 valence electrons. The second kappa shape index (κ2) is 8.00. The Morgan fingerprint density at radius 2 is 1.44 bits per heavy atom. The van der Waals surface area contributed by atoms with Gasteiger partial charge in [0.05, 0.1) is 26.4 Å². The number of allylic oxidation sites excluding steroid dienone is 1. The van der Waals surface area contributed by atoms with Crippen molar-refractivity contribution in [3.63, 3.8) is 0 Å². The standard InChI is InChI=1S/C24H34F2O4.C2H6/c1-21-7-8-23(27-9-10-28-23)14-15(21)13-16(20(25)26)19-17(21)3-5-22(2)18(19)4-6-24(22)29-11-12-30-24;1-2/h15,17-19H,3-14H2,1-2H3;1-2H3/t15-,17?,18?,19?,21-,22-;/m0./s1. The van der Waals surface area contributed by atoms with Crippen molar-refractivity contribution in [2.45, 2.75) is 90.6 Å². The second-order valence-electron chi connectivity index (χ2n) is 11.2. The van der Waals surface area contributed by atoms with Crippen LogP contribution >= 0.6 is 0 Å². The zero-order valence-electron chi connectivity index (χ0n) is 20.2. The molecule has 2 saturated heterocycles. The highest BCUT2D eigenvalue weighted by atomic mass is 19.3. The molecule has 2 heterocycles. The predicted octanol–water partition coefficient (Wildman–Crippen LogP) is 6.30. The summed E-state index contributed by atoms with van der Waals surface area (Å²) in [5.41, 5.74) is 0.310. The fraction of sp³-hybridized carbons (Fsp3) is 0.923. The highest BCUT2D eigenvalue weighted by molar-refractivity contribution is 5.25. The Morgan fingerprint density at radius 3 is 2.09 bits per heavy atom. The maximum Gasteiger partial charge on any atom is 0.269 e. The van der Waals surface area contributed by atoms with Crippen LogP contribution < -0.4 is 0 Å². The highest BCUT2D eigenvalue weighted by Gasteiger charge is 2.69. The predicted molar refractivity (Wildman–Crippen MR) is 117 cm³/mol. The quantitative estimate of drug-likeness (QED) is 0.430. The molecule has 0 amide bonds. The summed E-state index contributed by atoms with van der Waals surface area (Å²) in [6.45, 7) is 11.1. The van der Waals surface area contributed by atoms with Crippen LogP contribution in [0.2, 0.25) is 0 Å². The zero-order chi connectivity index (χ0) is 22.8. The van der Waals surface area contributed by atoms with Gasteiger partial charge in [-0.15, -0.1) is 0 Å². The van der Waals surface area contributed by atoms with E-state index >= 15 is 0 Å². The molecule has 32 heavy (non-hydrogen) atoms. The molecule has 0 N–H and O–H groups in total. The lowest BCUT2D eigenvalue weighted by molar-refractivity contribution is -0.252. The van der Waals surface area contributed by atoms with E-state index < -0.39 is 17.7 Å². The maximum atomic E-state index is 14.4. The van der Waals surface area contributed by atoms with Crippen LogP contribution in [0.1, 0.15) is 79.1 Å². The van der Waals surface area contributed by atoms with E-state index in [1.165, 1.54) is 0 Å². The van der Waals surface area contributed by atoms with E-state index in [2.05, 4.69) is 13.8 Å². The topological polar surface area (TPSA) is 36.9 Å². The van der Waals surface area contributed by atoms with E-state index in [0.29, 0.717) is 44.3 Å². The number of hydrogen-bond donors (Lipinski definition) is 0. The molecule has 2 aliphatic heterocycles. The monoisotopic (exact) mass is 454 g/mol. The summed E-state index contributed by atoms with van der Waals surface area (Å²) in [4.78, 5) is 0. The average Bonchev–Trinajstić information content (AvgIpc) is 3.51. The van der Waals surface area contributed by atoms with Gasteiger partial charge in [0, 0.05) is 24.7 Å². The van der Waals surface area contributed by atoms with E-state index in [9.17, 15) is 8.78 Å². The van der Waals surface area contributed by atoms with Crippen molar-refractivity contribution < 1.29 is 27.7 Å². The summed E-state index contributed by atoms with van der Waals surface area (Å²) in [6, 6.07) is 0. The van der Waals surface area contributed by atoms with Crippen LogP contribution in [0.5, 0.6) is 0 Å². The lowest BCUT2D eigenvalue weighted by Crippen LogP contribution is -2.59. The van der Waals surface area contributed by atoms with Crippen LogP contribution in [0.25, 0.3) is 0 Å². The first-order chi connectivity index (χ1) is 15.3. The minimum Gasteiger partial charge on any atom is -0.348 e. The highest BCUT2D eigenvalue weighted by Crippen LogP contribution is 2.71. The van der Waals surface area contributed by atoms with Crippen LogP contribution in [0.3, 0.4) is 0 Å². The van der Waals surface area contributed by atoms with E-state index in [-0.39, 0.29) is 28.6 Å². The third kappa shape index (κ3) is 3.04. The first-order valence-corrected chi connectivity index (χ1v) is 12.9. The molecule has 4 aliphatic carbocycles. The van der Waals surface area contributed by atoms with Crippen LogP contribution in [-0.2, 0) is 18.9 Å². The summed E-state index contributed by atoms with van der Waals surface area (Å²) >= 11 is 0. The number of rotatable bonds is 0. The minimum atomic E-state index is -1.45. The van der Waals surface area contributed by atoms with Gasteiger partial charge < -0.3 is 18.9 Å². The summed E-state index contributed by atoms with van der Waals surface area (Å²) < 4.78 is 53.3. The van der Waals surface area contributed by atoms with Gasteiger partial charge in [0.15, 0.2) is 11.6 Å². The zero-order valence-corrected chi connectivity index (χ0v) is 20.2. The Morgan fingerprint density at radius 1 is 0.812 bits per heavy atom. The van der Waals surface area contributed by atoms with Gasteiger partial charge >= 0.3 is 0 Å². The lowest BCUT2D eigenvalue weighted by Gasteiger charge is -2.62. The van der Waals surface area contributed by atoms with Crippen molar-refractivity contribution in [1.29, 1.82) is 0 Å². The Balaban J connectivity index is 0.00000105. The normalized spacial score (nSPS) is 45.8. The van der Waals surface area contributed by atoms with E-state index in [1.54, 1.807) is 0 Å². The molecule has 6 aliphatic rings. The molecular formula is C26H40F2O4. The average molecular weight is 455 g/mol. The molecule has 0 radical (unpaired) electrons. The van der Waals surface area contributed by atoms with Crippen molar-refractivity contribution in [3.05, 3.63) is 11.7 Å². The third-order valence-corrected chi connectivity index (χ3v) is 10.4. The molecule has 0 aromatic heterocycles. The fourth-order valence-corrected chi connectivity index (χ4v) is 8.79. The molecule has 0 bridgehead atoms. The minimum absolute atomic E-state index is 0.0540. The van der Waals surface area contributed by atoms with Gasteiger partial charge in [0.1, 0.15) is 0 Å². The van der Waals surface area contributed by atoms with Crippen LogP contribution in [0, 0.1) is 34.5 Å². The molecule has 6 atom stereocenters. The molecule has 4 saturated carbocycles. The number of ether oxygens (including phenoxy) is 4. The van der Waals surface area contributed by atoms with Crippen LogP contribution in [0.4, 0.5) is 8.78 Å². The smallest absolute Gasteiger partial charge is 0.269 e. The van der Waals surface area contributed by atoms with Gasteiger partial charge in [-0.05, 0) is 66.8 Å². The van der Waals surface area contributed by atoms with Gasteiger partial charge in [0.25, 0.3) is 6.08 Å². The van der Waals surface area contributed by atoms with Crippen molar-refractivity contribution in [2.24, 2.45) is 34.5 Å². The SMILES string of the molecule is CC.C[C@]12CCC3C(C(=C(F)F)C[C@H]4CC5(CC[C@]34C)OCCO5)C1CCC21OCCO1. The summed E-state index contributed by atoms with van der Waals surface area (Å²) in [6.07, 6.45) is 5.41. The van der Waals surface area contributed by atoms with E-state index in [1.807, 2.05) is 13.8 Å². The Labute approximate surface area is 191 Å².